The second kappa shape index (κ2) is 8.93. The van der Waals surface area contributed by atoms with Crippen LogP contribution in [-0.4, -0.2) is 24.8 Å². The van der Waals surface area contributed by atoms with Crippen LogP contribution in [0, 0.1) is 6.92 Å². The first-order valence-corrected chi connectivity index (χ1v) is 10.2. The van der Waals surface area contributed by atoms with Gasteiger partial charge in [0.05, 0.1) is 18.8 Å². The summed E-state index contributed by atoms with van der Waals surface area (Å²) in [5, 5.41) is 9.52. The molecule has 1 aliphatic rings. The molecule has 3 aromatic rings. The van der Waals surface area contributed by atoms with Gasteiger partial charge in [0.15, 0.2) is 0 Å². The Labute approximate surface area is 186 Å². The average molecular weight is 428 g/mol. The first-order valence-electron chi connectivity index (χ1n) is 10.2. The normalized spacial score (nSPS) is 15.2. The molecule has 7 heteroatoms. The van der Waals surface area contributed by atoms with Crippen LogP contribution in [0.5, 0.6) is 5.75 Å². The second-order valence-corrected chi connectivity index (χ2v) is 7.62. The lowest BCUT2D eigenvalue weighted by Gasteiger charge is -2.24. The highest BCUT2D eigenvalue weighted by atomic mass is 16.5. The highest BCUT2D eigenvalue weighted by molar-refractivity contribution is 6.07. The molecule has 0 spiro atoms. The van der Waals surface area contributed by atoms with Gasteiger partial charge in [-0.25, -0.2) is 0 Å². The van der Waals surface area contributed by atoms with E-state index in [0.717, 1.165) is 16.8 Å². The monoisotopic (exact) mass is 428 g/mol. The van der Waals surface area contributed by atoms with Crippen molar-refractivity contribution in [3.8, 4) is 5.75 Å². The number of anilines is 1. The lowest BCUT2D eigenvalue weighted by Crippen LogP contribution is -2.29. The summed E-state index contributed by atoms with van der Waals surface area (Å²) in [4.78, 5) is 24.2. The SMILES string of the molecule is COc1ccc(C(=O)NC2=NN(c3ccc(C)cc3)C(c3ccc(C(N)=O)cc3)C2)cc1. The summed E-state index contributed by atoms with van der Waals surface area (Å²) >= 11 is 0. The van der Waals surface area contributed by atoms with E-state index < -0.39 is 5.91 Å². The molecule has 1 atom stereocenters. The second-order valence-electron chi connectivity index (χ2n) is 7.62. The Kier molecular flexibility index (Phi) is 5.89. The molecule has 0 aromatic heterocycles. The van der Waals surface area contributed by atoms with Gasteiger partial charge in [0.25, 0.3) is 5.91 Å². The fourth-order valence-electron chi connectivity index (χ4n) is 3.60. The van der Waals surface area contributed by atoms with E-state index in [4.69, 9.17) is 15.6 Å². The van der Waals surface area contributed by atoms with Crippen molar-refractivity contribution in [3.63, 3.8) is 0 Å². The third kappa shape index (κ3) is 4.46. The van der Waals surface area contributed by atoms with Gasteiger partial charge in [-0.3, -0.25) is 14.6 Å². The van der Waals surface area contributed by atoms with E-state index in [-0.39, 0.29) is 11.9 Å². The number of ether oxygens (including phenoxy) is 1. The van der Waals surface area contributed by atoms with Crippen LogP contribution in [0.4, 0.5) is 5.69 Å². The van der Waals surface area contributed by atoms with Crippen LogP contribution in [0.25, 0.3) is 0 Å². The minimum Gasteiger partial charge on any atom is -0.497 e. The molecule has 32 heavy (non-hydrogen) atoms. The van der Waals surface area contributed by atoms with E-state index in [1.54, 1.807) is 43.5 Å². The summed E-state index contributed by atoms with van der Waals surface area (Å²) in [6.45, 7) is 2.03. The van der Waals surface area contributed by atoms with Crippen LogP contribution in [0.1, 0.15) is 44.3 Å². The average Bonchev–Trinajstić information content (AvgIpc) is 3.23. The van der Waals surface area contributed by atoms with Gasteiger partial charge < -0.3 is 15.8 Å². The lowest BCUT2D eigenvalue weighted by atomic mass is 10.0. The van der Waals surface area contributed by atoms with Crippen LogP contribution in [0.2, 0.25) is 0 Å². The van der Waals surface area contributed by atoms with Crippen LogP contribution >= 0.6 is 0 Å². The number of methoxy groups -OCH3 is 1. The summed E-state index contributed by atoms with van der Waals surface area (Å²) in [5.41, 5.74) is 9.36. The number of hydrazone groups is 1. The smallest absolute Gasteiger partial charge is 0.256 e. The number of aryl methyl sites for hydroxylation is 1. The molecule has 0 radical (unpaired) electrons. The summed E-state index contributed by atoms with van der Waals surface area (Å²) in [6, 6.07) is 22.0. The Hall–Kier alpha value is -4.13. The van der Waals surface area contributed by atoms with Gasteiger partial charge in [-0.1, -0.05) is 29.8 Å². The zero-order valence-corrected chi connectivity index (χ0v) is 17.9. The molecule has 0 fully saturated rings. The Balaban J connectivity index is 1.60. The van der Waals surface area contributed by atoms with Crippen molar-refractivity contribution in [2.24, 2.45) is 10.8 Å². The van der Waals surface area contributed by atoms with E-state index in [0.29, 0.717) is 29.1 Å². The van der Waals surface area contributed by atoms with E-state index in [2.05, 4.69) is 5.32 Å². The number of hydrogen-bond acceptors (Lipinski definition) is 5. The number of primary amides is 1. The van der Waals surface area contributed by atoms with Crippen molar-refractivity contribution in [2.75, 3.05) is 12.1 Å². The molecule has 4 rings (SSSR count). The van der Waals surface area contributed by atoms with Gasteiger partial charge in [-0.2, -0.15) is 5.10 Å². The molecule has 7 nitrogen and oxygen atoms in total. The molecule has 1 unspecified atom stereocenters. The number of carbonyl (C=O) groups is 2. The molecule has 0 bridgehead atoms. The Bertz CT molecular complexity index is 1150. The van der Waals surface area contributed by atoms with Gasteiger partial charge in [0.1, 0.15) is 11.6 Å². The molecule has 3 aromatic carbocycles. The van der Waals surface area contributed by atoms with Crippen molar-refractivity contribution in [2.45, 2.75) is 19.4 Å². The Morgan fingerprint density at radius 3 is 2.19 bits per heavy atom. The van der Waals surface area contributed by atoms with Crippen molar-refractivity contribution in [1.82, 2.24) is 5.32 Å². The number of carbonyl (C=O) groups excluding carboxylic acids is 2. The summed E-state index contributed by atoms with van der Waals surface area (Å²) in [7, 11) is 1.58. The Morgan fingerprint density at radius 2 is 1.59 bits per heavy atom. The number of amidine groups is 1. The molecule has 1 aliphatic heterocycles. The predicted molar refractivity (Wildman–Crippen MR) is 124 cm³/mol. The van der Waals surface area contributed by atoms with E-state index in [9.17, 15) is 9.59 Å². The number of rotatable bonds is 5. The highest BCUT2D eigenvalue weighted by Gasteiger charge is 2.30. The largest absolute Gasteiger partial charge is 0.497 e. The summed E-state index contributed by atoms with van der Waals surface area (Å²) in [6.07, 6.45) is 0.506. The van der Waals surface area contributed by atoms with Crippen molar-refractivity contribution in [1.29, 1.82) is 0 Å². The molecular weight excluding hydrogens is 404 g/mol. The highest BCUT2D eigenvalue weighted by Crippen LogP contribution is 2.35. The minimum atomic E-state index is -0.470. The molecular formula is C25H24N4O3. The van der Waals surface area contributed by atoms with Gasteiger partial charge in [-0.15, -0.1) is 0 Å². The van der Waals surface area contributed by atoms with E-state index in [1.165, 1.54) is 0 Å². The molecule has 1 heterocycles. The van der Waals surface area contributed by atoms with Crippen molar-refractivity contribution >= 4 is 23.3 Å². The maximum absolute atomic E-state index is 12.7. The van der Waals surface area contributed by atoms with Crippen molar-refractivity contribution in [3.05, 3.63) is 95.1 Å². The predicted octanol–water partition coefficient (Wildman–Crippen LogP) is 3.80. The zero-order valence-electron chi connectivity index (χ0n) is 17.9. The first-order chi connectivity index (χ1) is 15.4. The van der Waals surface area contributed by atoms with Crippen molar-refractivity contribution < 1.29 is 14.3 Å². The zero-order chi connectivity index (χ0) is 22.7. The summed E-state index contributed by atoms with van der Waals surface area (Å²) in [5.74, 6) is 0.544. The third-order valence-corrected chi connectivity index (χ3v) is 5.40. The van der Waals surface area contributed by atoms with E-state index >= 15 is 0 Å². The molecule has 0 aliphatic carbocycles. The van der Waals surface area contributed by atoms with Gasteiger partial charge in [0.2, 0.25) is 5.91 Å². The Morgan fingerprint density at radius 1 is 0.969 bits per heavy atom. The fourth-order valence-corrected chi connectivity index (χ4v) is 3.60. The van der Waals surface area contributed by atoms with Crippen LogP contribution in [0.3, 0.4) is 0 Å². The molecule has 2 amide bonds. The number of nitrogens with zero attached hydrogens (tertiary/aromatic N) is 2. The van der Waals surface area contributed by atoms with Gasteiger partial charge >= 0.3 is 0 Å². The summed E-state index contributed by atoms with van der Waals surface area (Å²) < 4.78 is 5.15. The van der Waals surface area contributed by atoms with Crippen LogP contribution in [-0.2, 0) is 0 Å². The van der Waals surface area contributed by atoms with Crippen LogP contribution in [0.15, 0.2) is 77.9 Å². The standard InChI is InChI=1S/C25H24N4O3/c1-16-3-11-20(12-4-16)29-22(17-5-7-18(8-6-17)24(26)30)15-23(28-29)27-25(31)19-9-13-21(32-2)14-10-19/h3-14,22H,15H2,1-2H3,(H2,26,30)(H,27,28,31). The third-order valence-electron chi connectivity index (χ3n) is 5.40. The maximum atomic E-state index is 12.7. The number of amides is 2. The quantitative estimate of drug-likeness (QED) is 0.646. The number of benzene rings is 3. The molecule has 0 saturated heterocycles. The molecule has 3 N–H and O–H groups in total. The molecule has 0 saturated carbocycles. The van der Waals surface area contributed by atoms with E-state index in [1.807, 2.05) is 48.3 Å². The number of nitrogens with one attached hydrogen (secondary N) is 1. The van der Waals surface area contributed by atoms with Gasteiger partial charge in [-0.05, 0) is 61.0 Å². The lowest BCUT2D eigenvalue weighted by molar-refractivity contribution is 0.0973. The minimum absolute atomic E-state index is 0.134. The van der Waals surface area contributed by atoms with Crippen LogP contribution < -0.4 is 20.8 Å². The molecule has 162 valence electrons. The number of nitrogens with two attached hydrogens (primary N) is 1. The maximum Gasteiger partial charge on any atom is 0.256 e. The fraction of sp³-hybridized carbons (Fsp3) is 0.160. The number of hydrogen-bond donors (Lipinski definition) is 2. The van der Waals surface area contributed by atoms with Gasteiger partial charge in [0, 0.05) is 17.5 Å². The topological polar surface area (TPSA) is 97.0 Å². The first kappa shape index (κ1) is 21.1.